The van der Waals surface area contributed by atoms with Crippen LogP contribution in [-0.4, -0.2) is 12.1 Å². The van der Waals surface area contributed by atoms with Gasteiger partial charge in [0.2, 0.25) is 0 Å². The Kier molecular flexibility index (Phi) is 4.66. The normalized spacial score (nSPS) is 10.0. The summed E-state index contributed by atoms with van der Waals surface area (Å²) in [6.45, 7) is 4.45. The van der Waals surface area contributed by atoms with E-state index in [1.807, 2.05) is 13.8 Å². The zero-order chi connectivity index (χ0) is 15.4. The van der Waals surface area contributed by atoms with Crippen LogP contribution in [0, 0.1) is 25.2 Å². The molecule has 0 spiro atoms. The maximum absolute atomic E-state index is 8.93. The van der Waals surface area contributed by atoms with Crippen LogP contribution in [0.25, 0.3) is 0 Å². The number of benzene rings is 1. The number of pyridine rings is 1. The van der Waals surface area contributed by atoms with Crippen LogP contribution >= 0.6 is 11.6 Å². The van der Waals surface area contributed by atoms with Gasteiger partial charge in [-0.3, -0.25) is 4.98 Å². The van der Waals surface area contributed by atoms with E-state index in [-0.39, 0.29) is 0 Å². The first kappa shape index (κ1) is 15.1. The second kappa shape index (κ2) is 6.47. The molecule has 5 heteroatoms. The number of aromatic nitrogens is 1. The van der Waals surface area contributed by atoms with E-state index in [2.05, 4.69) is 16.4 Å². The molecule has 1 heterocycles. The highest BCUT2D eigenvalue weighted by Crippen LogP contribution is 2.26. The molecule has 2 aromatic rings. The summed E-state index contributed by atoms with van der Waals surface area (Å²) in [5.74, 6) is 0.846. The van der Waals surface area contributed by atoms with E-state index in [0.717, 1.165) is 28.3 Å². The van der Waals surface area contributed by atoms with Crippen LogP contribution in [0.15, 0.2) is 24.4 Å². The van der Waals surface area contributed by atoms with Gasteiger partial charge in [-0.1, -0.05) is 11.6 Å². The molecule has 0 aliphatic rings. The summed E-state index contributed by atoms with van der Waals surface area (Å²) in [7, 11) is 1.65. The summed E-state index contributed by atoms with van der Waals surface area (Å²) < 4.78 is 5.39. The molecule has 0 aliphatic heterocycles. The molecule has 0 saturated carbocycles. The molecular formula is C16H16ClN3O. The Hall–Kier alpha value is -2.25. The SMILES string of the molecule is COc1c(C)cnc(CNc2cc(C#N)ccc2Cl)c1C. The molecular weight excluding hydrogens is 286 g/mol. The van der Waals surface area contributed by atoms with Crippen LogP contribution in [0.2, 0.25) is 5.02 Å². The number of hydrogen-bond acceptors (Lipinski definition) is 4. The molecule has 0 fully saturated rings. The van der Waals surface area contributed by atoms with Crippen LogP contribution in [-0.2, 0) is 6.54 Å². The third kappa shape index (κ3) is 3.26. The van der Waals surface area contributed by atoms with Gasteiger partial charge in [-0.15, -0.1) is 0 Å². The van der Waals surface area contributed by atoms with Crippen molar-refractivity contribution in [2.24, 2.45) is 0 Å². The van der Waals surface area contributed by atoms with Crippen molar-refractivity contribution >= 4 is 17.3 Å². The van der Waals surface area contributed by atoms with Gasteiger partial charge in [0.25, 0.3) is 0 Å². The van der Waals surface area contributed by atoms with Crippen molar-refractivity contribution in [3.63, 3.8) is 0 Å². The number of aryl methyl sites for hydroxylation is 1. The van der Waals surface area contributed by atoms with Crippen molar-refractivity contribution in [2.45, 2.75) is 20.4 Å². The Balaban J connectivity index is 2.23. The first-order valence-corrected chi connectivity index (χ1v) is 6.87. The van der Waals surface area contributed by atoms with Gasteiger partial charge in [0.15, 0.2) is 0 Å². The predicted octanol–water partition coefficient (Wildman–Crippen LogP) is 3.84. The fourth-order valence-corrected chi connectivity index (χ4v) is 2.34. The van der Waals surface area contributed by atoms with Crippen molar-refractivity contribution in [3.8, 4) is 11.8 Å². The van der Waals surface area contributed by atoms with Crippen LogP contribution in [0.5, 0.6) is 5.75 Å². The summed E-state index contributed by atoms with van der Waals surface area (Å²) in [4.78, 5) is 4.42. The van der Waals surface area contributed by atoms with Gasteiger partial charge in [0.1, 0.15) is 5.75 Å². The second-order valence-corrected chi connectivity index (χ2v) is 5.11. The Morgan fingerprint density at radius 2 is 2.14 bits per heavy atom. The topological polar surface area (TPSA) is 57.9 Å². The number of ether oxygens (including phenoxy) is 1. The number of rotatable bonds is 4. The van der Waals surface area contributed by atoms with E-state index in [1.54, 1.807) is 31.5 Å². The maximum Gasteiger partial charge on any atom is 0.128 e. The monoisotopic (exact) mass is 301 g/mol. The zero-order valence-corrected chi connectivity index (χ0v) is 13.0. The van der Waals surface area contributed by atoms with E-state index >= 15 is 0 Å². The number of nitrogens with zero attached hydrogens (tertiary/aromatic N) is 2. The number of methoxy groups -OCH3 is 1. The van der Waals surface area contributed by atoms with E-state index in [1.165, 1.54) is 0 Å². The summed E-state index contributed by atoms with van der Waals surface area (Å²) in [5, 5.41) is 12.7. The molecule has 0 amide bonds. The van der Waals surface area contributed by atoms with Crippen LogP contribution in [0.1, 0.15) is 22.4 Å². The summed E-state index contributed by atoms with van der Waals surface area (Å²) >= 11 is 6.13. The largest absolute Gasteiger partial charge is 0.496 e. The molecule has 1 aromatic carbocycles. The highest BCUT2D eigenvalue weighted by atomic mass is 35.5. The maximum atomic E-state index is 8.93. The van der Waals surface area contributed by atoms with Gasteiger partial charge in [-0.2, -0.15) is 5.26 Å². The molecule has 21 heavy (non-hydrogen) atoms. The van der Waals surface area contributed by atoms with Crippen LogP contribution in [0.3, 0.4) is 0 Å². The molecule has 0 aliphatic carbocycles. The van der Waals surface area contributed by atoms with Gasteiger partial charge in [-0.05, 0) is 32.0 Å². The highest BCUT2D eigenvalue weighted by molar-refractivity contribution is 6.33. The summed E-state index contributed by atoms with van der Waals surface area (Å²) in [5.41, 5.74) is 4.17. The molecule has 0 radical (unpaired) electrons. The van der Waals surface area contributed by atoms with E-state index in [0.29, 0.717) is 17.1 Å². The first-order valence-electron chi connectivity index (χ1n) is 6.49. The van der Waals surface area contributed by atoms with Gasteiger partial charge < -0.3 is 10.1 Å². The summed E-state index contributed by atoms with van der Waals surface area (Å²) in [6, 6.07) is 7.21. The first-order chi connectivity index (χ1) is 10.1. The van der Waals surface area contributed by atoms with E-state index in [9.17, 15) is 0 Å². The molecule has 0 atom stereocenters. The average molecular weight is 302 g/mol. The minimum absolute atomic E-state index is 0.511. The lowest BCUT2D eigenvalue weighted by Gasteiger charge is -2.14. The Labute approximate surface area is 129 Å². The second-order valence-electron chi connectivity index (χ2n) is 4.71. The van der Waals surface area contributed by atoms with E-state index in [4.69, 9.17) is 21.6 Å². The zero-order valence-electron chi connectivity index (χ0n) is 12.2. The van der Waals surface area contributed by atoms with E-state index < -0.39 is 0 Å². The molecule has 1 N–H and O–H groups in total. The number of nitriles is 1. The number of hydrogen-bond donors (Lipinski definition) is 1. The minimum Gasteiger partial charge on any atom is -0.496 e. The highest BCUT2D eigenvalue weighted by Gasteiger charge is 2.10. The van der Waals surface area contributed by atoms with Gasteiger partial charge >= 0.3 is 0 Å². The Morgan fingerprint density at radius 1 is 1.38 bits per heavy atom. The Morgan fingerprint density at radius 3 is 2.81 bits per heavy atom. The average Bonchev–Trinajstić information content (AvgIpc) is 2.48. The van der Waals surface area contributed by atoms with Gasteiger partial charge in [0, 0.05) is 17.3 Å². The van der Waals surface area contributed by atoms with Crippen molar-refractivity contribution in [3.05, 3.63) is 51.8 Å². The molecule has 0 unspecified atom stereocenters. The quantitative estimate of drug-likeness (QED) is 0.932. The third-order valence-corrected chi connectivity index (χ3v) is 3.62. The number of halogens is 1. The third-order valence-electron chi connectivity index (χ3n) is 3.29. The predicted molar refractivity (Wildman–Crippen MR) is 83.8 cm³/mol. The lowest BCUT2D eigenvalue weighted by Crippen LogP contribution is -2.06. The lowest BCUT2D eigenvalue weighted by molar-refractivity contribution is 0.407. The van der Waals surface area contributed by atoms with Crippen molar-refractivity contribution < 1.29 is 4.74 Å². The van der Waals surface area contributed by atoms with Crippen molar-refractivity contribution in [1.82, 2.24) is 4.98 Å². The Bertz CT molecular complexity index is 707. The van der Waals surface area contributed by atoms with Crippen molar-refractivity contribution in [1.29, 1.82) is 5.26 Å². The molecule has 4 nitrogen and oxygen atoms in total. The lowest BCUT2D eigenvalue weighted by atomic mass is 10.1. The fourth-order valence-electron chi connectivity index (χ4n) is 2.16. The molecule has 1 aromatic heterocycles. The fraction of sp³-hybridized carbons (Fsp3) is 0.250. The smallest absolute Gasteiger partial charge is 0.128 e. The number of anilines is 1. The molecule has 0 saturated heterocycles. The summed E-state index contributed by atoms with van der Waals surface area (Å²) in [6.07, 6.45) is 1.79. The van der Waals surface area contributed by atoms with Gasteiger partial charge in [-0.25, -0.2) is 0 Å². The molecule has 108 valence electrons. The van der Waals surface area contributed by atoms with Gasteiger partial charge in [0.05, 0.1) is 41.7 Å². The molecule has 2 rings (SSSR count). The standard InChI is InChI=1S/C16H16ClN3O/c1-10-8-19-15(11(2)16(10)21-3)9-20-14-6-12(7-18)4-5-13(14)17/h4-6,8,20H,9H2,1-3H3. The van der Waals surface area contributed by atoms with Crippen molar-refractivity contribution in [2.75, 3.05) is 12.4 Å². The molecule has 0 bridgehead atoms. The van der Waals surface area contributed by atoms with Crippen LogP contribution < -0.4 is 10.1 Å². The van der Waals surface area contributed by atoms with Crippen LogP contribution in [0.4, 0.5) is 5.69 Å². The minimum atomic E-state index is 0.511. The number of nitrogens with one attached hydrogen (secondary N) is 1.